The van der Waals surface area contributed by atoms with Crippen LogP contribution < -0.4 is 0 Å². The van der Waals surface area contributed by atoms with Crippen LogP contribution >= 0.6 is 0 Å². The van der Waals surface area contributed by atoms with Crippen molar-refractivity contribution >= 4 is 12.0 Å². The number of carboxylic acid groups (broad SMARTS) is 1. The zero-order chi connectivity index (χ0) is 11.4. The normalized spacial score (nSPS) is 10.8. The highest BCUT2D eigenvalue weighted by molar-refractivity contribution is 5.85. The summed E-state index contributed by atoms with van der Waals surface area (Å²) in [6.45, 7) is 0. The number of hydrogen-bond donors (Lipinski definition) is 2. The van der Waals surface area contributed by atoms with Gasteiger partial charge in [0.15, 0.2) is 0 Å². The number of carbonyl (C=O) groups is 1. The summed E-state index contributed by atoms with van der Waals surface area (Å²) in [6.07, 6.45) is 2.58. The Balaban J connectivity index is 2.30. The quantitative estimate of drug-likeness (QED) is 0.745. The van der Waals surface area contributed by atoms with Crippen molar-refractivity contribution < 1.29 is 9.90 Å². The molecule has 0 aliphatic rings. The molecule has 0 spiro atoms. The van der Waals surface area contributed by atoms with Gasteiger partial charge in [-0.3, -0.25) is 0 Å². The minimum Gasteiger partial charge on any atom is -0.478 e. The SMILES string of the molecule is O=C(O)/C=C/c1cccc(-c2nn[nH]n2)c1. The first-order valence-corrected chi connectivity index (χ1v) is 4.50. The van der Waals surface area contributed by atoms with Crippen LogP contribution in [0.25, 0.3) is 17.5 Å². The van der Waals surface area contributed by atoms with E-state index in [0.29, 0.717) is 5.82 Å². The molecule has 2 aromatic rings. The summed E-state index contributed by atoms with van der Waals surface area (Å²) in [5.41, 5.74) is 1.55. The van der Waals surface area contributed by atoms with Crippen LogP contribution in [-0.4, -0.2) is 31.7 Å². The first-order chi connectivity index (χ1) is 7.75. The number of aromatic nitrogens is 4. The molecule has 0 aliphatic heterocycles. The Kier molecular flexibility index (Phi) is 2.73. The maximum Gasteiger partial charge on any atom is 0.328 e. The highest BCUT2D eigenvalue weighted by atomic mass is 16.4. The van der Waals surface area contributed by atoms with E-state index in [1.165, 1.54) is 6.08 Å². The largest absolute Gasteiger partial charge is 0.478 e. The molecule has 1 aromatic heterocycles. The van der Waals surface area contributed by atoms with Crippen molar-refractivity contribution in [1.82, 2.24) is 20.6 Å². The lowest BCUT2D eigenvalue weighted by molar-refractivity contribution is -0.131. The predicted molar refractivity (Wildman–Crippen MR) is 56.3 cm³/mol. The van der Waals surface area contributed by atoms with E-state index in [4.69, 9.17) is 5.11 Å². The summed E-state index contributed by atoms with van der Waals surface area (Å²) in [6, 6.07) is 7.20. The monoisotopic (exact) mass is 216 g/mol. The van der Waals surface area contributed by atoms with Crippen LogP contribution in [-0.2, 0) is 4.79 Å². The van der Waals surface area contributed by atoms with E-state index >= 15 is 0 Å². The lowest BCUT2D eigenvalue weighted by Crippen LogP contribution is -1.86. The van der Waals surface area contributed by atoms with Crippen molar-refractivity contribution in [2.24, 2.45) is 0 Å². The minimum atomic E-state index is -0.982. The van der Waals surface area contributed by atoms with E-state index in [2.05, 4.69) is 20.6 Å². The van der Waals surface area contributed by atoms with Gasteiger partial charge in [0.2, 0.25) is 5.82 Å². The number of benzene rings is 1. The topological polar surface area (TPSA) is 91.8 Å². The number of H-pyrrole nitrogens is 1. The maximum absolute atomic E-state index is 10.4. The highest BCUT2D eigenvalue weighted by Crippen LogP contribution is 2.15. The molecule has 0 unspecified atom stereocenters. The summed E-state index contributed by atoms with van der Waals surface area (Å²) < 4.78 is 0. The molecule has 0 radical (unpaired) electrons. The Hall–Kier alpha value is -2.50. The lowest BCUT2D eigenvalue weighted by Gasteiger charge is -1.96. The second kappa shape index (κ2) is 4.35. The van der Waals surface area contributed by atoms with Crippen molar-refractivity contribution in [2.75, 3.05) is 0 Å². The predicted octanol–water partition coefficient (Wildman–Crippen LogP) is 0.964. The average molecular weight is 216 g/mol. The molecule has 6 nitrogen and oxygen atoms in total. The van der Waals surface area contributed by atoms with Gasteiger partial charge in [-0.1, -0.05) is 18.2 Å². The third kappa shape index (κ3) is 2.30. The second-order valence-corrected chi connectivity index (χ2v) is 3.03. The van der Waals surface area contributed by atoms with Crippen LogP contribution in [0.2, 0.25) is 0 Å². The minimum absolute atomic E-state index is 0.477. The van der Waals surface area contributed by atoms with E-state index in [-0.39, 0.29) is 0 Å². The van der Waals surface area contributed by atoms with Gasteiger partial charge in [0.05, 0.1) is 0 Å². The van der Waals surface area contributed by atoms with Gasteiger partial charge in [0.1, 0.15) is 0 Å². The van der Waals surface area contributed by atoms with Crippen molar-refractivity contribution in [3.05, 3.63) is 35.9 Å². The van der Waals surface area contributed by atoms with Crippen molar-refractivity contribution in [2.45, 2.75) is 0 Å². The second-order valence-electron chi connectivity index (χ2n) is 3.03. The van der Waals surface area contributed by atoms with E-state index < -0.39 is 5.97 Å². The zero-order valence-electron chi connectivity index (χ0n) is 8.16. The number of aliphatic carboxylic acids is 1. The first-order valence-electron chi connectivity index (χ1n) is 4.50. The Morgan fingerprint density at radius 1 is 1.44 bits per heavy atom. The number of tetrazole rings is 1. The fourth-order valence-electron chi connectivity index (χ4n) is 1.23. The van der Waals surface area contributed by atoms with Gasteiger partial charge in [-0.15, -0.1) is 10.2 Å². The molecule has 0 saturated carbocycles. The standard InChI is InChI=1S/C10H8N4O2/c15-9(16)5-4-7-2-1-3-8(6-7)10-11-13-14-12-10/h1-6H,(H,15,16)(H,11,12,13,14)/b5-4+. The third-order valence-corrected chi connectivity index (χ3v) is 1.91. The molecule has 6 heteroatoms. The molecule has 1 heterocycles. The van der Waals surface area contributed by atoms with E-state index in [1.807, 2.05) is 6.07 Å². The van der Waals surface area contributed by atoms with Gasteiger partial charge in [-0.2, -0.15) is 5.21 Å². The molecule has 1 aromatic carbocycles. The number of nitrogens with zero attached hydrogens (tertiary/aromatic N) is 3. The van der Waals surface area contributed by atoms with Gasteiger partial charge in [0, 0.05) is 11.6 Å². The lowest BCUT2D eigenvalue weighted by atomic mass is 10.1. The summed E-state index contributed by atoms with van der Waals surface area (Å²) >= 11 is 0. The maximum atomic E-state index is 10.4. The highest BCUT2D eigenvalue weighted by Gasteiger charge is 2.02. The van der Waals surface area contributed by atoms with Crippen LogP contribution in [0, 0.1) is 0 Å². The zero-order valence-corrected chi connectivity index (χ0v) is 8.16. The molecule has 0 amide bonds. The van der Waals surface area contributed by atoms with Gasteiger partial charge in [-0.25, -0.2) is 4.79 Å². The van der Waals surface area contributed by atoms with Crippen molar-refractivity contribution in [3.63, 3.8) is 0 Å². The summed E-state index contributed by atoms with van der Waals surface area (Å²) in [5, 5.41) is 22.0. The van der Waals surface area contributed by atoms with Gasteiger partial charge < -0.3 is 5.11 Å². The molecule has 2 N–H and O–H groups in total. The average Bonchev–Trinajstić information content (AvgIpc) is 2.80. The number of aromatic amines is 1. The number of hydrogen-bond acceptors (Lipinski definition) is 4. The number of rotatable bonds is 3. The molecule has 16 heavy (non-hydrogen) atoms. The van der Waals surface area contributed by atoms with Crippen molar-refractivity contribution in [3.8, 4) is 11.4 Å². The summed E-state index contributed by atoms with van der Waals surface area (Å²) in [5.74, 6) is -0.504. The molecular weight excluding hydrogens is 208 g/mol. The molecule has 0 bridgehead atoms. The first kappa shape index (κ1) is 10.0. The van der Waals surface area contributed by atoms with Crippen LogP contribution in [0.1, 0.15) is 5.56 Å². The summed E-state index contributed by atoms with van der Waals surface area (Å²) in [7, 11) is 0. The molecule has 0 aliphatic carbocycles. The molecule has 2 rings (SSSR count). The molecule has 0 saturated heterocycles. The van der Waals surface area contributed by atoms with Gasteiger partial charge in [-0.05, 0) is 22.9 Å². The van der Waals surface area contributed by atoms with Crippen LogP contribution in [0.5, 0.6) is 0 Å². The molecular formula is C10H8N4O2. The number of carboxylic acids is 1. The van der Waals surface area contributed by atoms with Crippen LogP contribution in [0.4, 0.5) is 0 Å². The smallest absolute Gasteiger partial charge is 0.328 e. The Labute approximate surface area is 90.6 Å². The Bertz CT molecular complexity index is 519. The van der Waals surface area contributed by atoms with Crippen molar-refractivity contribution in [1.29, 1.82) is 0 Å². The Morgan fingerprint density at radius 2 is 2.31 bits per heavy atom. The third-order valence-electron chi connectivity index (χ3n) is 1.91. The van der Waals surface area contributed by atoms with Crippen LogP contribution in [0.3, 0.4) is 0 Å². The fourth-order valence-corrected chi connectivity index (χ4v) is 1.23. The molecule has 0 atom stereocenters. The van der Waals surface area contributed by atoms with E-state index in [0.717, 1.165) is 17.2 Å². The van der Waals surface area contributed by atoms with Crippen LogP contribution in [0.15, 0.2) is 30.3 Å². The summed E-state index contributed by atoms with van der Waals surface area (Å²) in [4.78, 5) is 10.4. The van der Waals surface area contributed by atoms with Gasteiger partial charge >= 0.3 is 5.97 Å². The number of nitrogens with one attached hydrogen (secondary N) is 1. The molecule has 80 valence electrons. The van der Waals surface area contributed by atoms with Gasteiger partial charge in [0.25, 0.3) is 0 Å². The molecule has 0 fully saturated rings. The van der Waals surface area contributed by atoms with E-state index in [9.17, 15) is 4.79 Å². The Morgan fingerprint density at radius 3 is 3.00 bits per heavy atom. The van der Waals surface area contributed by atoms with E-state index in [1.54, 1.807) is 18.2 Å². The fraction of sp³-hybridized carbons (Fsp3) is 0.